The maximum atomic E-state index is 4.97. The Kier molecular flexibility index (Phi) is 6.02. The predicted molar refractivity (Wildman–Crippen MR) is 47.0 cm³/mol. The van der Waals surface area contributed by atoms with Crippen molar-refractivity contribution in [2.24, 2.45) is 15.9 Å². The van der Waals surface area contributed by atoms with Crippen LogP contribution in [0.1, 0.15) is 6.92 Å². The monoisotopic (exact) mass is 151 g/mol. The fourth-order valence-corrected chi connectivity index (χ4v) is 0.427. The van der Waals surface area contributed by atoms with Crippen LogP contribution in [-0.4, -0.2) is 20.2 Å². The van der Waals surface area contributed by atoms with Gasteiger partial charge in [0.25, 0.3) is 0 Å². The topological polar surface area (TPSA) is 74.8 Å². The molecule has 0 atom stereocenters. The molecule has 0 saturated heterocycles. The Hall–Kier alpha value is -1.30. The lowest BCUT2D eigenvalue weighted by Gasteiger charge is -2.00. The van der Waals surface area contributed by atoms with Crippen molar-refractivity contribution >= 4 is 20.2 Å². The van der Waals surface area contributed by atoms with E-state index in [1.165, 1.54) is 0 Å². The van der Waals surface area contributed by atoms with E-state index in [2.05, 4.69) is 21.0 Å². The van der Waals surface area contributed by atoms with Crippen LogP contribution in [0.4, 0.5) is 0 Å². The van der Waals surface area contributed by atoms with Gasteiger partial charge >= 0.3 is 0 Å². The second-order valence-corrected chi connectivity index (χ2v) is 1.52. The highest BCUT2D eigenvalue weighted by Crippen LogP contribution is 1.77. The molecule has 5 nitrogen and oxygen atoms in total. The second-order valence-electron chi connectivity index (χ2n) is 1.52. The van der Waals surface area contributed by atoms with Gasteiger partial charge in [-0.3, -0.25) is 5.34 Å². The summed E-state index contributed by atoms with van der Waals surface area (Å²) in [5.41, 5.74) is 7.51. The first-order valence-electron chi connectivity index (χ1n) is 3.00. The van der Waals surface area contributed by atoms with Crippen LogP contribution < -0.4 is 16.5 Å². The first kappa shape index (κ1) is 9.70. The van der Waals surface area contributed by atoms with Gasteiger partial charge in [-0.05, 0) is 13.0 Å². The summed E-state index contributed by atoms with van der Waals surface area (Å²) in [4.78, 5) is 0. The molecule has 11 heavy (non-hydrogen) atoms. The summed E-state index contributed by atoms with van der Waals surface area (Å²) in [6, 6.07) is 0. The first-order valence-corrected chi connectivity index (χ1v) is 3.00. The molecule has 58 valence electrons. The Labute approximate surface area is 66.9 Å². The lowest BCUT2D eigenvalue weighted by Crippen LogP contribution is -2.34. The van der Waals surface area contributed by atoms with Crippen LogP contribution in [0.5, 0.6) is 0 Å². The lowest BCUT2D eigenvalue weighted by atomic mass is 10.4. The van der Waals surface area contributed by atoms with Crippen molar-refractivity contribution in [2.75, 3.05) is 0 Å². The Morgan fingerprint density at radius 2 is 2.36 bits per heavy atom. The van der Waals surface area contributed by atoms with Crippen molar-refractivity contribution in [3.63, 3.8) is 0 Å². The van der Waals surface area contributed by atoms with Crippen molar-refractivity contribution < 1.29 is 0 Å². The molecule has 0 aromatic rings. The molecule has 0 fully saturated rings. The number of rotatable bonds is 3. The average Bonchev–Trinajstić information content (AvgIpc) is 2.01. The van der Waals surface area contributed by atoms with Crippen molar-refractivity contribution in [3.8, 4) is 0 Å². The highest BCUT2D eigenvalue weighted by atomic mass is 15.4. The van der Waals surface area contributed by atoms with E-state index in [-0.39, 0.29) is 0 Å². The predicted octanol–water partition coefficient (Wildman–Crippen LogP) is -0.959. The summed E-state index contributed by atoms with van der Waals surface area (Å²) in [5.74, 6) is 0.483. The van der Waals surface area contributed by atoms with Crippen molar-refractivity contribution in [1.82, 2.24) is 10.8 Å². The molecule has 0 aliphatic rings. The smallest absolute Gasteiger partial charge is 0.209 e. The number of hydrazine groups is 1. The van der Waals surface area contributed by atoms with Gasteiger partial charge in [0.2, 0.25) is 7.98 Å². The number of hydrogen-bond donors (Lipinski definition) is 3. The largest absolute Gasteiger partial charge is 0.388 e. The molecule has 0 aliphatic heterocycles. The SMILES string of the molecule is [B]NNC(C=CC)=NN=CN. The minimum absolute atomic E-state index is 0.483. The van der Waals surface area contributed by atoms with Crippen LogP contribution >= 0.6 is 0 Å². The molecule has 0 bridgehead atoms. The minimum Gasteiger partial charge on any atom is -0.388 e. The highest BCUT2D eigenvalue weighted by Gasteiger charge is 1.86. The molecule has 0 rings (SSSR count). The van der Waals surface area contributed by atoms with E-state index in [9.17, 15) is 0 Å². The summed E-state index contributed by atoms with van der Waals surface area (Å²) in [6.07, 6.45) is 4.56. The molecular formula is C5H10BN5. The number of nitrogens with one attached hydrogen (secondary N) is 2. The first-order chi connectivity index (χ1) is 5.35. The molecule has 4 N–H and O–H groups in total. The van der Waals surface area contributed by atoms with E-state index < -0.39 is 0 Å². The molecule has 0 aromatic carbocycles. The van der Waals surface area contributed by atoms with Crippen LogP contribution in [-0.2, 0) is 0 Å². The third-order valence-corrected chi connectivity index (χ3v) is 0.757. The number of amidine groups is 1. The third kappa shape index (κ3) is 5.16. The van der Waals surface area contributed by atoms with Gasteiger partial charge in [0.05, 0.1) is 0 Å². The molecule has 0 aromatic heterocycles. The van der Waals surface area contributed by atoms with Crippen molar-refractivity contribution in [3.05, 3.63) is 12.2 Å². The van der Waals surface area contributed by atoms with Gasteiger partial charge in [0.1, 0.15) is 6.34 Å². The van der Waals surface area contributed by atoms with E-state index in [4.69, 9.17) is 13.7 Å². The van der Waals surface area contributed by atoms with Gasteiger partial charge in [0.15, 0.2) is 5.84 Å². The molecule has 0 saturated carbocycles. The van der Waals surface area contributed by atoms with Gasteiger partial charge in [-0.2, -0.15) is 0 Å². The van der Waals surface area contributed by atoms with Gasteiger partial charge in [-0.15, -0.1) is 10.2 Å². The molecule has 0 amide bonds. The fraction of sp³-hybridized carbons (Fsp3) is 0.200. The van der Waals surface area contributed by atoms with E-state index in [0.717, 1.165) is 6.34 Å². The Bertz CT molecular complexity index is 174. The molecule has 0 unspecified atom stereocenters. The van der Waals surface area contributed by atoms with Crippen LogP contribution in [0.2, 0.25) is 0 Å². The number of nitrogens with zero attached hydrogens (tertiary/aromatic N) is 2. The Balaban J connectivity index is 4.07. The molecule has 0 heterocycles. The molecule has 2 radical (unpaired) electrons. The van der Waals surface area contributed by atoms with E-state index in [0.29, 0.717) is 5.84 Å². The van der Waals surface area contributed by atoms with E-state index in [1.54, 1.807) is 12.2 Å². The zero-order chi connectivity index (χ0) is 8.53. The van der Waals surface area contributed by atoms with Gasteiger partial charge in [-0.25, -0.2) is 0 Å². The zero-order valence-electron chi connectivity index (χ0n) is 6.28. The van der Waals surface area contributed by atoms with E-state index >= 15 is 0 Å². The fourth-order valence-electron chi connectivity index (χ4n) is 0.427. The maximum Gasteiger partial charge on any atom is 0.209 e. The van der Waals surface area contributed by atoms with Crippen LogP contribution in [0.15, 0.2) is 22.4 Å². The van der Waals surface area contributed by atoms with Crippen LogP contribution in [0.3, 0.4) is 0 Å². The number of hydrogen-bond acceptors (Lipinski definition) is 3. The lowest BCUT2D eigenvalue weighted by molar-refractivity contribution is 0.905. The van der Waals surface area contributed by atoms with Crippen LogP contribution in [0, 0.1) is 0 Å². The molecule has 0 spiro atoms. The summed E-state index contributed by atoms with van der Waals surface area (Å²) in [5, 5.41) is 9.30. The Morgan fingerprint density at radius 3 is 2.82 bits per heavy atom. The van der Waals surface area contributed by atoms with Crippen LogP contribution in [0.25, 0.3) is 0 Å². The zero-order valence-corrected chi connectivity index (χ0v) is 6.28. The summed E-state index contributed by atoms with van der Waals surface area (Å²) in [6.45, 7) is 1.85. The second kappa shape index (κ2) is 6.82. The van der Waals surface area contributed by atoms with Gasteiger partial charge < -0.3 is 11.2 Å². The molecule has 0 aliphatic carbocycles. The van der Waals surface area contributed by atoms with Crippen molar-refractivity contribution in [2.45, 2.75) is 6.92 Å². The highest BCUT2D eigenvalue weighted by molar-refractivity contribution is 6.06. The molecular weight excluding hydrogens is 141 g/mol. The Morgan fingerprint density at radius 1 is 1.64 bits per heavy atom. The standard InChI is InChI=1S/C5H10BN5/c1-2-3-5(10-11-6)9-8-4-7/h2-4,11H,1H3,(H2,7,8)(H,9,10). The summed E-state index contributed by atoms with van der Waals surface area (Å²) in [7, 11) is 4.97. The summed E-state index contributed by atoms with van der Waals surface area (Å²) >= 11 is 0. The van der Waals surface area contributed by atoms with Gasteiger partial charge in [0, 0.05) is 0 Å². The number of nitrogens with two attached hydrogens (primary N) is 1. The minimum atomic E-state index is 0.483. The quantitative estimate of drug-likeness (QED) is 0.210. The van der Waals surface area contributed by atoms with Gasteiger partial charge in [-0.1, -0.05) is 6.08 Å². The normalized spacial score (nSPS) is 13.0. The van der Waals surface area contributed by atoms with Crippen molar-refractivity contribution in [1.29, 1.82) is 0 Å². The molecule has 6 heteroatoms. The number of allylic oxidation sites excluding steroid dienone is 1. The summed E-state index contributed by atoms with van der Waals surface area (Å²) < 4.78 is 0. The van der Waals surface area contributed by atoms with E-state index in [1.807, 2.05) is 6.92 Å². The maximum absolute atomic E-state index is 4.97. The average molecular weight is 151 g/mol. The third-order valence-electron chi connectivity index (χ3n) is 0.757.